The van der Waals surface area contributed by atoms with Gasteiger partial charge in [0.25, 0.3) is 0 Å². The molecule has 6 nitrogen and oxygen atoms in total. The summed E-state index contributed by atoms with van der Waals surface area (Å²) in [6.07, 6.45) is -4.33. The minimum absolute atomic E-state index is 0.0956. The third-order valence-corrected chi connectivity index (χ3v) is 3.99. The lowest BCUT2D eigenvalue weighted by Gasteiger charge is -2.12. The fraction of sp³-hybridized carbons (Fsp3) is 0.333. The van der Waals surface area contributed by atoms with E-state index in [1.807, 2.05) is 25.1 Å². The van der Waals surface area contributed by atoms with E-state index in [-0.39, 0.29) is 6.61 Å². The zero-order valence-corrected chi connectivity index (χ0v) is 16.6. The number of halogens is 3. The second kappa shape index (κ2) is 11.2. The van der Waals surface area contributed by atoms with Gasteiger partial charge in [0.05, 0.1) is 13.2 Å². The largest absolute Gasteiger partial charge is 0.411 e. The van der Waals surface area contributed by atoms with Crippen LogP contribution in [0.4, 0.5) is 13.2 Å². The van der Waals surface area contributed by atoms with E-state index in [1.54, 1.807) is 30.3 Å². The standard InChI is InChI=1S/C21H25F3N4O2/c1-2-26-20(28-12-17-4-3-5-18(10-17)19(25)29)27-11-15-6-8-16(9-7-15)13-30-14-21(22,23)24/h3-10H,2,11-14H2,1H3,(H2,25,29)(H2,26,27,28). The van der Waals surface area contributed by atoms with Gasteiger partial charge in [0.15, 0.2) is 5.96 Å². The van der Waals surface area contributed by atoms with Gasteiger partial charge in [-0.15, -0.1) is 0 Å². The first-order valence-electron chi connectivity index (χ1n) is 9.40. The highest BCUT2D eigenvalue weighted by molar-refractivity contribution is 5.92. The molecule has 0 aliphatic heterocycles. The van der Waals surface area contributed by atoms with Crippen molar-refractivity contribution in [3.63, 3.8) is 0 Å². The van der Waals surface area contributed by atoms with Crippen LogP contribution in [0.3, 0.4) is 0 Å². The van der Waals surface area contributed by atoms with E-state index in [2.05, 4.69) is 20.4 Å². The number of aliphatic imine (C=N–C) groups is 1. The summed E-state index contributed by atoms with van der Waals surface area (Å²) in [6.45, 7) is 2.11. The van der Waals surface area contributed by atoms with E-state index in [4.69, 9.17) is 5.73 Å². The number of carbonyl (C=O) groups excluding carboxylic acids is 1. The first-order chi connectivity index (χ1) is 14.3. The van der Waals surface area contributed by atoms with Crippen LogP contribution in [0.2, 0.25) is 0 Å². The lowest BCUT2D eigenvalue weighted by Crippen LogP contribution is -2.36. The van der Waals surface area contributed by atoms with Gasteiger partial charge in [0.1, 0.15) is 6.61 Å². The molecule has 0 aliphatic rings. The summed E-state index contributed by atoms with van der Waals surface area (Å²) in [7, 11) is 0. The topological polar surface area (TPSA) is 88.7 Å². The molecule has 0 spiro atoms. The molecule has 30 heavy (non-hydrogen) atoms. The Morgan fingerprint density at radius 1 is 1.07 bits per heavy atom. The molecule has 0 bridgehead atoms. The molecule has 0 radical (unpaired) electrons. The van der Waals surface area contributed by atoms with Gasteiger partial charge in [-0.25, -0.2) is 4.99 Å². The summed E-state index contributed by atoms with van der Waals surface area (Å²) < 4.78 is 41.0. The lowest BCUT2D eigenvalue weighted by molar-refractivity contribution is -0.176. The normalized spacial score (nSPS) is 11.9. The van der Waals surface area contributed by atoms with Gasteiger partial charge >= 0.3 is 6.18 Å². The van der Waals surface area contributed by atoms with Crippen molar-refractivity contribution in [3.8, 4) is 0 Å². The monoisotopic (exact) mass is 422 g/mol. The van der Waals surface area contributed by atoms with Crippen molar-refractivity contribution in [2.24, 2.45) is 10.7 Å². The van der Waals surface area contributed by atoms with E-state index in [1.165, 1.54) is 0 Å². The lowest BCUT2D eigenvalue weighted by atomic mass is 10.1. The summed E-state index contributed by atoms with van der Waals surface area (Å²) >= 11 is 0. The summed E-state index contributed by atoms with van der Waals surface area (Å²) in [4.78, 5) is 15.8. The number of hydrogen-bond acceptors (Lipinski definition) is 3. The Morgan fingerprint density at radius 3 is 2.40 bits per heavy atom. The fourth-order valence-corrected chi connectivity index (χ4v) is 2.56. The minimum Gasteiger partial charge on any atom is -0.367 e. The Morgan fingerprint density at radius 2 is 1.77 bits per heavy atom. The molecule has 0 saturated heterocycles. The SMILES string of the molecule is CCNC(=NCc1cccc(C(N)=O)c1)NCc1ccc(COCC(F)(F)F)cc1. The number of nitrogens with zero attached hydrogens (tertiary/aromatic N) is 1. The molecule has 0 fully saturated rings. The highest BCUT2D eigenvalue weighted by Gasteiger charge is 2.27. The predicted molar refractivity (Wildman–Crippen MR) is 109 cm³/mol. The van der Waals surface area contributed by atoms with E-state index in [0.29, 0.717) is 36.7 Å². The number of guanidine groups is 1. The Balaban J connectivity index is 1.90. The molecule has 0 aliphatic carbocycles. The average molecular weight is 422 g/mol. The molecular weight excluding hydrogens is 397 g/mol. The van der Waals surface area contributed by atoms with E-state index in [0.717, 1.165) is 11.1 Å². The summed E-state index contributed by atoms with van der Waals surface area (Å²) in [5.41, 5.74) is 8.19. The molecule has 0 aromatic heterocycles. The zero-order valence-electron chi connectivity index (χ0n) is 16.6. The number of benzene rings is 2. The number of carbonyl (C=O) groups is 1. The molecule has 162 valence electrons. The van der Waals surface area contributed by atoms with Crippen LogP contribution in [0.1, 0.15) is 34.0 Å². The van der Waals surface area contributed by atoms with Crippen molar-refractivity contribution >= 4 is 11.9 Å². The molecule has 2 aromatic rings. The molecular formula is C21H25F3N4O2. The Hall–Kier alpha value is -3.07. The van der Waals surface area contributed by atoms with Gasteiger partial charge in [0, 0.05) is 18.7 Å². The molecule has 0 atom stereocenters. The quantitative estimate of drug-likeness (QED) is 0.428. The first kappa shape index (κ1) is 23.2. The maximum Gasteiger partial charge on any atom is 0.411 e. The number of nitrogens with one attached hydrogen (secondary N) is 2. The third kappa shape index (κ3) is 8.52. The van der Waals surface area contributed by atoms with Gasteiger partial charge in [-0.3, -0.25) is 4.79 Å². The molecule has 0 saturated carbocycles. The Labute approximate surface area is 173 Å². The number of rotatable bonds is 9. The highest BCUT2D eigenvalue weighted by Crippen LogP contribution is 2.16. The van der Waals surface area contributed by atoms with Gasteiger partial charge in [-0.05, 0) is 35.7 Å². The van der Waals surface area contributed by atoms with E-state index in [9.17, 15) is 18.0 Å². The molecule has 9 heteroatoms. The van der Waals surface area contributed by atoms with Crippen molar-refractivity contribution in [3.05, 3.63) is 70.8 Å². The molecule has 0 unspecified atom stereocenters. The van der Waals surface area contributed by atoms with Crippen molar-refractivity contribution in [1.82, 2.24) is 10.6 Å². The average Bonchev–Trinajstić information content (AvgIpc) is 2.70. The number of primary amides is 1. The molecule has 0 heterocycles. The summed E-state index contributed by atoms with van der Waals surface area (Å²) in [5.74, 6) is 0.109. The van der Waals surface area contributed by atoms with Crippen LogP contribution >= 0.6 is 0 Å². The van der Waals surface area contributed by atoms with Gasteiger partial charge in [-0.2, -0.15) is 13.2 Å². The van der Waals surface area contributed by atoms with Crippen molar-refractivity contribution < 1.29 is 22.7 Å². The van der Waals surface area contributed by atoms with Crippen molar-refractivity contribution in [1.29, 1.82) is 0 Å². The maximum atomic E-state index is 12.1. The van der Waals surface area contributed by atoms with E-state index < -0.39 is 18.7 Å². The van der Waals surface area contributed by atoms with E-state index >= 15 is 0 Å². The zero-order chi connectivity index (χ0) is 22.0. The first-order valence-corrected chi connectivity index (χ1v) is 9.40. The second-order valence-electron chi connectivity index (χ2n) is 6.54. The molecule has 2 aromatic carbocycles. The van der Waals surface area contributed by atoms with Crippen LogP contribution in [0, 0.1) is 0 Å². The Kier molecular flexibility index (Phi) is 8.67. The van der Waals surface area contributed by atoms with Crippen molar-refractivity contribution in [2.75, 3.05) is 13.2 Å². The minimum atomic E-state index is -4.33. The van der Waals surface area contributed by atoms with Crippen LogP contribution in [-0.2, 0) is 24.4 Å². The Bertz CT molecular complexity index is 852. The van der Waals surface area contributed by atoms with Crippen LogP contribution in [0.5, 0.6) is 0 Å². The number of ether oxygens (including phenoxy) is 1. The third-order valence-electron chi connectivity index (χ3n) is 3.99. The van der Waals surface area contributed by atoms with Crippen LogP contribution in [0.25, 0.3) is 0 Å². The predicted octanol–water partition coefficient (Wildman–Crippen LogP) is 3.12. The van der Waals surface area contributed by atoms with Gasteiger partial charge in [0.2, 0.25) is 5.91 Å². The summed E-state index contributed by atoms with van der Waals surface area (Å²) in [5, 5.41) is 6.33. The van der Waals surface area contributed by atoms with Crippen LogP contribution < -0.4 is 16.4 Å². The number of hydrogen-bond donors (Lipinski definition) is 3. The van der Waals surface area contributed by atoms with Gasteiger partial charge < -0.3 is 21.1 Å². The van der Waals surface area contributed by atoms with Crippen LogP contribution in [0.15, 0.2) is 53.5 Å². The van der Waals surface area contributed by atoms with Gasteiger partial charge in [-0.1, -0.05) is 36.4 Å². The number of alkyl halides is 3. The van der Waals surface area contributed by atoms with Crippen LogP contribution in [-0.4, -0.2) is 31.2 Å². The second-order valence-corrected chi connectivity index (χ2v) is 6.54. The number of nitrogens with two attached hydrogens (primary N) is 1. The molecule has 4 N–H and O–H groups in total. The fourth-order valence-electron chi connectivity index (χ4n) is 2.56. The molecule has 1 amide bonds. The maximum absolute atomic E-state index is 12.1. The highest BCUT2D eigenvalue weighted by atomic mass is 19.4. The molecule has 2 rings (SSSR count). The summed E-state index contributed by atoms with van der Waals surface area (Å²) in [6, 6.07) is 14.1. The van der Waals surface area contributed by atoms with Crippen molar-refractivity contribution in [2.45, 2.75) is 32.8 Å². The number of amides is 1. The smallest absolute Gasteiger partial charge is 0.367 e.